The third kappa shape index (κ3) is 1.62. The lowest BCUT2D eigenvalue weighted by Crippen LogP contribution is -2.05. The number of allylic oxidation sites excluding steroid dienone is 6. The molecule has 0 bridgehead atoms. The predicted octanol–water partition coefficient (Wildman–Crippen LogP) is 3.03. The summed E-state index contributed by atoms with van der Waals surface area (Å²) in [6.07, 6.45) is 9.77. The van der Waals surface area contributed by atoms with Crippen LogP contribution in [0.5, 0.6) is 0 Å². The lowest BCUT2D eigenvalue weighted by molar-refractivity contribution is 1.44. The largest absolute Gasteiger partial charge is 0.257 e. The molecule has 0 heterocycles. The number of rotatable bonds is 1. The molecule has 0 aromatic rings. The van der Waals surface area contributed by atoms with Crippen molar-refractivity contribution in [3.63, 3.8) is 0 Å². The van der Waals surface area contributed by atoms with Gasteiger partial charge in [-0.2, -0.15) is 0 Å². The molecule has 0 fully saturated rings. The second kappa shape index (κ2) is 3.86. The Bertz CT molecular complexity index is 301. The van der Waals surface area contributed by atoms with E-state index in [1.54, 1.807) is 6.20 Å². The van der Waals surface area contributed by atoms with E-state index in [2.05, 4.69) is 36.7 Å². The molecule has 62 valence electrons. The summed E-state index contributed by atoms with van der Waals surface area (Å²) < 4.78 is 0. The van der Waals surface area contributed by atoms with E-state index in [0.29, 0.717) is 0 Å². The molecular formula is C11H13N. The number of hydrogen-bond acceptors (Lipinski definition) is 1. The van der Waals surface area contributed by atoms with Crippen LogP contribution in [0.3, 0.4) is 0 Å². The van der Waals surface area contributed by atoms with E-state index < -0.39 is 0 Å². The highest BCUT2D eigenvalue weighted by molar-refractivity contribution is 6.15. The molecule has 0 atom stereocenters. The average Bonchev–Trinajstić information content (AvgIpc) is 2.09. The molecule has 0 saturated heterocycles. The van der Waals surface area contributed by atoms with Crippen molar-refractivity contribution >= 4 is 5.71 Å². The Kier molecular flexibility index (Phi) is 2.81. The molecule has 1 aliphatic carbocycles. The fraction of sp³-hybridized carbons (Fsp3) is 0.182. The third-order valence-corrected chi connectivity index (χ3v) is 1.80. The van der Waals surface area contributed by atoms with Crippen LogP contribution in [0.2, 0.25) is 0 Å². The summed E-state index contributed by atoms with van der Waals surface area (Å²) in [4.78, 5) is 4.21. The quantitative estimate of drug-likeness (QED) is 0.557. The molecule has 0 spiro atoms. The second-order valence-electron chi connectivity index (χ2n) is 2.61. The van der Waals surface area contributed by atoms with E-state index in [1.807, 2.05) is 13.0 Å². The van der Waals surface area contributed by atoms with E-state index in [-0.39, 0.29) is 0 Å². The molecule has 0 aromatic heterocycles. The lowest BCUT2D eigenvalue weighted by Gasteiger charge is -2.09. The summed E-state index contributed by atoms with van der Waals surface area (Å²) in [6, 6.07) is 0. The summed E-state index contributed by atoms with van der Waals surface area (Å²) in [5, 5.41) is 0. The van der Waals surface area contributed by atoms with Crippen LogP contribution < -0.4 is 0 Å². The summed E-state index contributed by atoms with van der Waals surface area (Å²) in [5.74, 6) is 0. The summed E-state index contributed by atoms with van der Waals surface area (Å²) in [5.41, 5.74) is 3.37. The van der Waals surface area contributed by atoms with Crippen LogP contribution >= 0.6 is 0 Å². The van der Waals surface area contributed by atoms with Gasteiger partial charge in [0.15, 0.2) is 0 Å². The second-order valence-corrected chi connectivity index (χ2v) is 2.61. The molecule has 12 heavy (non-hydrogen) atoms. The van der Waals surface area contributed by atoms with E-state index >= 15 is 0 Å². The Morgan fingerprint density at radius 3 is 2.83 bits per heavy atom. The first-order chi connectivity index (χ1) is 5.79. The highest BCUT2D eigenvalue weighted by Gasteiger charge is 2.07. The van der Waals surface area contributed by atoms with Crippen LogP contribution in [0.1, 0.15) is 13.8 Å². The molecule has 0 saturated carbocycles. The fourth-order valence-electron chi connectivity index (χ4n) is 1.18. The van der Waals surface area contributed by atoms with Gasteiger partial charge in [0.05, 0.1) is 5.71 Å². The van der Waals surface area contributed by atoms with Gasteiger partial charge in [-0.25, -0.2) is 0 Å². The van der Waals surface area contributed by atoms with Crippen LogP contribution in [0.4, 0.5) is 0 Å². The Morgan fingerprint density at radius 1 is 1.50 bits per heavy atom. The molecule has 1 rings (SSSR count). The molecule has 0 amide bonds. The zero-order valence-electron chi connectivity index (χ0n) is 7.54. The topological polar surface area (TPSA) is 12.4 Å². The Morgan fingerprint density at radius 2 is 2.25 bits per heavy atom. The van der Waals surface area contributed by atoms with Gasteiger partial charge in [0.2, 0.25) is 0 Å². The fourth-order valence-corrected chi connectivity index (χ4v) is 1.18. The maximum absolute atomic E-state index is 4.21. The monoisotopic (exact) mass is 159 g/mol. The summed E-state index contributed by atoms with van der Waals surface area (Å²) in [7, 11) is 0. The van der Waals surface area contributed by atoms with Gasteiger partial charge < -0.3 is 0 Å². The van der Waals surface area contributed by atoms with Crippen LogP contribution in [-0.2, 0) is 0 Å². The van der Waals surface area contributed by atoms with Crippen molar-refractivity contribution in [3.8, 4) is 0 Å². The lowest BCUT2D eigenvalue weighted by atomic mass is 9.98. The predicted molar refractivity (Wildman–Crippen MR) is 54.3 cm³/mol. The van der Waals surface area contributed by atoms with Crippen molar-refractivity contribution in [2.75, 3.05) is 0 Å². The molecular weight excluding hydrogens is 146 g/mol. The van der Waals surface area contributed by atoms with Crippen molar-refractivity contribution in [1.29, 1.82) is 0 Å². The minimum Gasteiger partial charge on any atom is -0.257 e. The molecule has 1 aliphatic rings. The highest BCUT2D eigenvalue weighted by Crippen LogP contribution is 2.14. The molecule has 0 radical (unpaired) electrons. The van der Waals surface area contributed by atoms with E-state index in [1.165, 1.54) is 5.57 Å². The van der Waals surface area contributed by atoms with E-state index in [9.17, 15) is 0 Å². The minimum atomic E-state index is 1.02. The van der Waals surface area contributed by atoms with Gasteiger partial charge >= 0.3 is 0 Å². The van der Waals surface area contributed by atoms with Crippen LogP contribution in [0.15, 0.2) is 53.2 Å². The molecule has 1 heteroatoms. The molecule has 1 nitrogen and oxygen atoms in total. The van der Waals surface area contributed by atoms with Crippen LogP contribution in [-0.4, -0.2) is 5.71 Å². The number of nitrogens with zero attached hydrogens (tertiary/aromatic N) is 1. The van der Waals surface area contributed by atoms with Gasteiger partial charge in [-0.15, -0.1) is 0 Å². The third-order valence-electron chi connectivity index (χ3n) is 1.80. The summed E-state index contributed by atoms with van der Waals surface area (Å²) >= 11 is 0. The molecule has 0 unspecified atom stereocenters. The zero-order valence-corrected chi connectivity index (χ0v) is 7.54. The minimum absolute atomic E-state index is 1.02. The first-order valence-electron chi connectivity index (χ1n) is 4.00. The normalized spacial score (nSPS) is 23.0. The van der Waals surface area contributed by atoms with Gasteiger partial charge in [-0.3, -0.25) is 4.99 Å². The Labute approximate surface area is 73.5 Å². The maximum atomic E-state index is 4.21. The van der Waals surface area contributed by atoms with Crippen molar-refractivity contribution in [2.24, 2.45) is 4.99 Å². The highest BCUT2D eigenvalue weighted by atomic mass is 14.7. The van der Waals surface area contributed by atoms with E-state index in [4.69, 9.17) is 0 Å². The molecule has 0 N–H and O–H groups in total. The van der Waals surface area contributed by atoms with Crippen molar-refractivity contribution < 1.29 is 0 Å². The maximum Gasteiger partial charge on any atom is 0.0727 e. The van der Waals surface area contributed by atoms with Crippen molar-refractivity contribution in [3.05, 3.63) is 48.2 Å². The summed E-state index contributed by atoms with van der Waals surface area (Å²) in [6.45, 7) is 7.65. The van der Waals surface area contributed by atoms with Gasteiger partial charge in [0, 0.05) is 6.20 Å². The SMILES string of the molecule is C=CN=C1C(C)=CC=C/C1=C/C. The van der Waals surface area contributed by atoms with E-state index in [0.717, 1.165) is 11.3 Å². The Balaban J connectivity index is 3.11. The van der Waals surface area contributed by atoms with Crippen molar-refractivity contribution in [1.82, 2.24) is 0 Å². The van der Waals surface area contributed by atoms with Crippen LogP contribution in [0.25, 0.3) is 0 Å². The molecule has 0 aromatic carbocycles. The number of aliphatic imine (C=N–C) groups is 1. The smallest absolute Gasteiger partial charge is 0.0727 e. The van der Waals surface area contributed by atoms with Crippen molar-refractivity contribution in [2.45, 2.75) is 13.8 Å². The average molecular weight is 159 g/mol. The van der Waals surface area contributed by atoms with Gasteiger partial charge in [-0.05, 0) is 25.0 Å². The first-order valence-corrected chi connectivity index (χ1v) is 4.00. The standard InChI is InChI=1S/C11H13N/c1-4-10-8-6-7-9(3)11(10)12-5-2/h4-8H,2H2,1,3H3/b10-4-,12-11?. The van der Waals surface area contributed by atoms with Gasteiger partial charge in [-0.1, -0.05) is 30.9 Å². The van der Waals surface area contributed by atoms with Crippen LogP contribution in [0, 0.1) is 0 Å². The Hall–Kier alpha value is -1.37. The van der Waals surface area contributed by atoms with Gasteiger partial charge in [0.1, 0.15) is 0 Å². The number of hydrogen-bond donors (Lipinski definition) is 0. The van der Waals surface area contributed by atoms with Gasteiger partial charge in [0.25, 0.3) is 0 Å². The first kappa shape index (κ1) is 8.72. The zero-order chi connectivity index (χ0) is 8.97. The molecule has 0 aliphatic heterocycles.